The van der Waals surface area contributed by atoms with Crippen LogP contribution in [-0.4, -0.2) is 37.6 Å². The third kappa shape index (κ3) is 4.99. The van der Waals surface area contributed by atoms with Gasteiger partial charge in [-0.3, -0.25) is 4.79 Å². The lowest BCUT2D eigenvalue weighted by Gasteiger charge is -2.21. The van der Waals surface area contributed by atoms with Gasteiger partial charge in [-0.25, -0.2) is 0 Å². The Kier molecular flexibility index (Phi) is 6.58. The van der Waals surface area contributed by atoms with E-state index in [1.807, 2.05) is 0 Å². The molecule has 19 heavy (non-hydrogen) atoms. The highest BCUT2D eigenvalue weighted by molar-refractivity contribution is 6.35. The van der Waals surface area contributed by atoms with Gasteiger partial charge in [-0.05, 0) is 24.1 Å². The zero-order valence-electron chi connectivity index (χ0n) is 11.0. The van der Waals surface area contributed by atoms with Crippen molar-refractivity contribution in [1.82, 2.24) is 4.90 Å². The average Bonchev–Trinajstić information content (AvgIpc) is 2.38. The van der Waals surface area contributed by atoms with Gasteiger partial charge in [0.1, 0.15) is 0 Å². The Morgan fingerprint density at radius 1 is 1.47 bits per heavy atom. The molecule has 1 aromatic carbocycles. The molecule has 0 aromatic heterocycles. The number of carbonyl (C=O) groups is 1. The summed E-state index contributed by atoms with van der Waals surface area (Å²) in [5.74, 6) is -0.136. The Hall–Kier alpha value is -0.810. The summed E-state index contributed by atoms with van der Waals surface area (Å²) < 4.78 is 4.91. The summed E-state index contributed by atoms with van der Waals surface area (Å²) in [6.07, 6.45) is 0.494. The van der Waals surface area contributed by atoms with Crippen LogP contribution in [0.25, 0.3) is 0 Å². The lowest BCUT2D eigenvalue weighted by atomic mass is 10.1. The van der Waals surface area contributed by atoms with Crippen LogP contribution in [0, 0.1) is 0 Å². The van der Waals surface area contributed by atoms with Crippen molar-refractivity contribution in [2.24, 2.45) is 5.73 Å². The molecule has 0 aliphatic rings. The fraction of sp³-hybridized carbons (Fsp3) is 0.462. The van der Waals surface area contributed by atoms with Gasteiger partial charge in [-0.15, -0.1) is 0 Å². The van der Waals surface area contributed by atoms with E-state index < -0.39 is 6.04 Å². The van der Waals surface area contributed by atoms with Crippen molar-refractivity contribution in [2.75, 3.05) is 20.8 Å². The topological polar surface area (TPSA) is 55.6 Å². The Morgan fingerprint density at radius 2 is 2.16 bits per heavy atom. The van der Waals surface area contributed by atoms with Crippen molar-refractivity contribution in [3.8, 4) is 0 Å². The Bertz CT molecular complexity index is 441. The number of likely N-dealkylation sites (N-methyl/N-ethyl adjacent to an activating group) is 1. The van der Waals surface area contributed by atoms with Crippen LogP contribution in [0.4, 0.5) is 0 Å². The number of halogens is 2. The average molecular weight is 305 g/mol. The highest BCUT2D eigenvalue weighted by Gasteiger charge is 2.18. The highest BCUT2D eigenvalue weighted by Crippen LogP contribution is 2.22. The normalized spacial score (nSPS) is 12.3. The van der Waals surface area contributed by atoms with E-state index >= 15 is 0 Å². The number of nitrogens with zero attached hydrogens (tertiary/aromatic N) is 1. The summed E-state index contributed by atoms with van der Waals surface area (Å²) in [6, 6.07) is 4.64. The third-order valence-electron chi connectivity index (χ3n) is 2.75. The molecule has 0 bridgehead atoms. The molecule has 0 aliphatic heterocycles. The zero-order valence-corrected chi connectivity index (χ0v) is 12.5. The summed E-state index contributed by atoms with van der Waals surface area (Å²) >= 11 is 11.9. The van der Waals surface area contributed by atoms with Gasteiger partial charge in [0.05, 0.1) is 6.04 Å². The number of carbonyl (C=O) groups excluding carboxylic acids is 1. The maximum atomic E-state index is 12.0. The van der Waals surface area contributed by atoms with Gasteiger partial charge in [0, 0.05) is 37.4 Å². The summed E-state index contributed by atoms with van der Waals surface area (Å²) in [5, 5.41) is 1.11. The van der Waals surface area contributed by atoms with E-state index in [-0.39, 0.29) is 5.91 Å². The largest absolute Gasteiger partial charge is 0.385 e. The van der Waals surface area contributed by atoms with Crippen LogP contribution >= 0.6 is 23.2 Å². The molecule has 6 heteroatoms. The molecule has 0 saturated carbocycles. The molecule has 106 valence electrons. The number of amides is 1. The maximum absolute atomic E-state index is 12.0. The molecule has 0 heterocycles. The predicted molar refractivity (Wildman–Crippen MR) is 77.4 cm³/mol. The molecule has 1 atom stereocenters. The summed E-state index contributed by atoms with van der Waals surface area (Å²) in [5.41, 5.74) is 6.63. The molecule has 0 saturated heterocycles. The third-order valence-corrected chi connectivity index (χ3v) is 3.34. The molecule has 4 nitrogen and oxygen atoms in total. The Labute approximate surface area is 123 Å². The van der Waals surface area contributed by atoms with E-state index in [1.165, 1.54) is 0 Å². The molecule has 1 aromatic rings. The zero-order chi connectivity index (χ0) is 14.4. The number of nitrogens with two attached hydrogens (primary N) is 1. The van der Waals surface area contributed by atoms with E-state index in [9.17, 15) is 4.79 Å². The van der Waals surface area contributed by atoms with Crippen LogP contribution in [0.5, 0.6) is 0 Å². The van der Waals surface area contributed by atoms with Gasteiger partial charge in [0.25, 0.3) is 0 Å². The maximum Gasteiger partial charge on any atom is 0.239 e. The van der Waals surface area contributed by atoms with E-state index in [2.05, 4.69) is 0 Å². The molecule has 1 amide bonds. The Morgan fingerprint density at radius 3 is 2.74 bits per heavy atom. The van der Waals surface area contributed by atoms with E-state index in [0.29, 0.717) is 29.6 Å². The molecule has 1 unspecified atom stereocenters. The molecular formula is C13H18Cl2N2O2. The summed E-state index contributed by atoms with van der Waals surface area (Å²) in [4.78, 5) is 13.6. The van der Waals surface area contributed by atoms with Crippen LogP contribution in [0.3, 0.4) is 0 Å². The van der Waals surface area contributed by atoms with Crippen LogP contribution in [0.1, 0.15) is 12.0 Å². The first-order valence-corrected chi connectivity index (χ1v) is 6.64. The first kappa shape index (κ1) is 16.2. The van der Waals surface area contributed by atoms with Crippen molar-refractivity contribution in [1.29, 1.82) is 0 Å². The number of rotatable bonds is 6. The first-order chi connectivity index (χ1) is 8.95. The summed E-state index contributed by atoms with van der Waals surface area (Å²) in [6.45, 7) is 0.859. The van der Waals surface area contributed by atoms with Gasteiger partial charge in [0.15, 0.2) is 0 Å². The molecular weight excluding hydrogens is 287 g/mol. The molecule has 1 rings (SSSR count). The van der Waals surface area contributed by atoms with E-state index in [0.717, 1.165) is 5.56 Å². The first-order valence-electron chi connectivity index (χ1n) is 5.89. The molecule has 0 spiro atoms. The van der Waals surface area contributed by atoms with Gasteiger partial charge < -0.3 is 15.4 Å². The molecule has 2 N–H and O–H groups in total. The second-order valence-electron chi connectivity index (χ2n) is 4.32. The van der Waals surface area contributed by atoms with Crippen LogP contribution in [0.2, 0.25) is 10.0 Å². The van der Waals surface area contributed by atoms with Crippen molar-refractivity contribution in [2.45, 2.75) is 19.0 Å². The van der Waals surface area contributed by atoms with Crippen LogP contribution in [-0.2, 0) is 16.1 Å². The van der Waals surface area contributed by atoms with Gasteiger partial charge in [0.2, 0.25) is 5.91 Å². The molecule has 0 radical (unpaired) electrons. The van der Waals surface area contributed by atoms with Gasteiger partial charge in [-0.2, -0.15) is 0 Å². The minimum absolute atomic E-state index is 0.136. The van der Waals surface area contributed by atoms with Crippen molar-refractivity contribution >= 4 is 29.1 Å². The number of methoxy groups -OCH3 is 1. The monoisotopic (exact) mass is 304 g/mol. The lowest BCUT2D eigenvalue weighted by Crippen LogP contribution is -2.42. The predicted octanol–water partition coefficient (Wildman–Crippen LogP) is 2.32. The summed E-state index contributed by atoms with van der Waals surface area (Å²) in [7, 11) is 3.27. The Balaban J connectivity index is 2.63. The minimum atomic E-state index is -0.559. The molecule has 0 aliphatic carbocycles. The number of hydrogen-bond donors (Lipinski definition) is 1. The van der Waals surface area contributed by atoms with E-state index in [1.54, 1.807) is 37.3 Å². The van der Waals surface area contributed by atoms with Gasteiger partial charge >= 0.3 is 0 Å². The van der Waals surface area contributed by atoms with Gasteiger partial charge in [-0.1, -0.05) is 29.3 Å². The number of benzene rings is 1. The smallest absolute Gasteiger partial charge is 0.239 e. The number of ether oxygens (including phenoxy) is 1. The van der Waals surface area contributed by atoms with Crippen molar-refractivity contribution < 1.29 is 9.53 Å². The second-order valence-corrected chi connectivity index (χ2v) is 5.16. The van der Waals surface area contributed by atoms with Crippen molar-refractivity contribution in [3.05, 3.63) is 33.8 Å². The van der Waals surface area contributed by atoms with Crippen molar-refractivity contribution in [3.63, 3.8) is 0 Å². The lowest BCUT2D eigenvalue weighted by molar-refractivity contribution is -0.132. The van der Waals surface area contributed by atoms with Crippen LogP contribution < -0.4 is 5.73 Å². The molecule has 0 fully saturated rings. The minimum Gasteiger partial charge on any atom is -0.385 e. The fourth-order valence-corrected chi connectivity index (χ4v) is 2.10. The van der Waals surface area contributed by atoms with E-state index in [4.69, 9.17) is 33.7 Å². The number of hydrogen-bond acceptors (Lipinski definition) is 3. The standard InChI is InChI=1S/C13H18Cl2N2O2/c1-17(13(18)12(16)5-6-19-2)8-9-3-4-10(14)7-11(9)15/h3-4,7,12H,5-6,8,16H2,1-2H3. The quantitative estimate of drug-likeness (QED) is 0.877. The fourth-order valence-electron chi connectivity index (χ4n) is 1.63. The highest BCUT2D eigenvalue weighted by atomic mass is 35.5. The second kappa shape index (κ2) is 7.70. The van der Waals surface area contributed by atoms with Crippen LogP contribution in [0.15, 0.2) is 18.2 Å². The SMILES string of the molecule is COCCC(N)C(=O)N(C)Cc1ccc(Cl)cc1Cl.